The van der Waals surface area contributed by atoms with Gasteiger partial charge in [-0.25, -0.2) is 4.98 Å². The SMILES string of the molecule is COc1cc(OC)c2c(c1Cl)OC1(C(=O)C=C(NCc3nc4ccccc4[nH]3)CC1C)C2=O. The van der Waals surface area contributed by atoms with Gasteiger partial charge in [0.25, 0.3) is 0 Å². The first-order valence-electron chi connectivity index (χ1n) is 10.5. The molecular formula is C24H22ClN3O5. The number of hydrogen-bond donors (Lipinski definition) is 2. The average Bonchev–Trinajstić information content (AvgIpc) is 3.36. The van der Waals surface area contributed by atoms with Crippen LogP contribution in [-0.2, 0) is 11.3 Å². The highest BCUT2D eigenvalue weighted by molar-refractivity contribution is 6.36. The van der Waals surface area contributed by atoms with Gasteiger partial charge in [-0.15, -0.1) is 0 Å². The maximum absolute atomic E-state index is 13.5. The molecule has 2 unspecified atom stereocenters. The van der Waals surface area contributed by atoms with E-state index in [1.807, 2.05) is 31.2 Å². The zero-order valence-corrected chi connectivity index (χ0v) is 19.1. The van der Waals surface area contributed by atoms with Gasteiger partial charge in [-0.05, 0) is 18.6 Å². The molecule has 8 nitrogen and oxygen atoms in total. The standard InChI is InChI=1S/C24H22ClN3O5/c1-12-8-13(26-11-19-27-14-6-4-5-7-15(14)28-19)9-18(29)24(12)23(30)20-16(31-2)10-17(32-3)21(25)22(20)33-24/h4-7,9-10,12,26H,8,11H2,1-3H3,(H,27,28). The lowest BCUT2D eigenvalue weighted by molar-refractivity contribution is -0.129. The molecule has 5 rings (SSSR count). The summed E-state index contributed by atoms with van der Waals surface area (Å²) < 4.78 is 16.7. The summed E-state index contributed by atoms with van der Waals surface area (Å²) in [5, 5.41) is 3.40. The number of aromatic amines is 1. The van der Waals surface area contributed by atoms with Crippen molar-refractivity contribution in [3.63, 3.8) is 0 Å². The molecule has 0 fully saturated rings. The van der Waals surface area contributed by atoms with Crippen molar-refractivity contribution in [1.82, 2.24) is 15.3 Å². The molecular weight excluding hydrogens is 446 g/mol. The number of carbonyl (C=O) groups excluding carboxylic acids is 2. The van der Waals surface area contributed by atoms with Crippen LogP contribution in [0.15, 0.2) is 42.1 Å². The number of benzene rings is 2. The van der Waals surface area contributed by atoms with Crippen molar-refractivity contribution in [3.8, 4) is 17.2 Å². The number of allylic oxidation sites excluding steroid dienone is 1. The number of para-hydroxylation sites is 2. The van der Waals surface area contributed by atoms with E-state index in [1.54, 1.807) is 0 Å². The number of nitrogens with one attached hydrogen (secondary N) is 2. The molecule has 1 spiro atoms. The minimum atomic E-state index is -1.68. The van der Waals surface area contributed by atoms with E-state index in [4.69, 9.17) is 25.8 Å². The summed E-state index contributed by atoms with van der Waals surface area (Å²) in [6.07, 6.45) is 1.87. The lowest BCUT2D eigenvalue weighted by Crippen LogP contribution is -2.55. The molecule has 1 aliphatic carbocycles. The number of carbonyl (C=O) groups is 2. The Labute approximate surface area is 194 Å². The number of rotatable bonds is 5. The van der Waals surface area contributed by atoms with Crippen LogP contribution in [-0.4, -0.2) is 41.4 Å². The molecule has 0 bridgehead atoms. The van der Waals surface area contributed by atoms with Crippen LogP contribution in [0.1, 0.15) is 29.5 Å². The topological polar surface area (TPSA) is 103 Å². The van der Waals surface area contributed by atoms with Gasteiger partial charge in [-0.1, -0.05) is 30.7 Å². The third-order valence-electron chi connectivity index (χ3n) is 6.23. The molecule has 0 radical (unpaired) electrons. The predicted molar refractivity (Wildman–Crippen MR) is 122 cm³/mol. The summed E-state index contributed by atoms with van der Waals surface area (Å²) >= 11 is 6.42. The van der Waals surface area contributed by atoms with Crippen LogP contribution in [0.4, 0.5) is 0 Å². The quantitative estimate of drug-likeness (QED) is 0.550. The van der Waals surface area contributed by atoms with Crippen molar-refractivity contribution >= 4 is 34.2 Å². The van der Waals surface area contributed by atoms with E-state index in [0.29, 0.717) is 24.4 Å². The molecule has 0 saturated heterocycles. The summed E-state index contributed by atoms with van der Waals surface area (Å²) in [5.74, 6) is 0.0880. The number of fused-ring (bicyclic) bond motifs is 2. The van der Waals surface area contributed by atoms with Crippen molar-refractivity contribution < 1.29 is 23.8 Å². The number of aromatic nitrogens is 2. The minimum absolute atomic E-state index is 0.116. The third kappa shape index (κ3) is 3.16. The van der Waals surface area contributed by atoms with E-state index in [9.17, 15) is 9.59 Å². The number of nitrogens with zero attached hydrogens (tertiary/aromatic N) is 1. The Kier molecular flexibility index (Phi) is 5.05. The fraction of sp³-hybridized carbons (Fsp3) is 0.292. The molecule has 9 heteroatoms. The number of Topliss-reactive ketones (excluding diaryl/α,β-unsaturated/α-hetero) is 1. The van der Waals surface area contributed by atoms with Crippen LogP contribution in [0, 0.1) is 5.92 Å². The van der Waals surface area contributed by atoms with Gasteiger partial charge in [-0.2, -0.15) is 0 Å². The van der Waals surface area contributed by atoms with Crippen LogP contribution < -0.4 is 19.5 Å². The minimum Gasteiger partial charge on any atom is -0.496 e. The van der Waals surface area contributed by atoms with Gasteiger partial charge in [0.1, 0.15) is 27.9 Å². The third-order valence-corrected chi connectivity index (χ3v) is 6.59. The van der Waals surface area contributed by atoms with Crippen molar-refractivity contribution in [2.75, 3.05) is 14.2 Å². The molecule has 2 heterocycles. The normalized spacial score (nSPS) is 21.7. The molecule has 2 aliphatic rings. The number of halogens is 1. The molecule has 2 aromatic carbocycles. The molecule has 170 valence electrons. The van der Waals surface area contributed by atoms with E-state index in [2.05, 4.69) is 15.3 Å². The fourth-order valence-corrected chi connectivity index (χ4v) is 4.80. The second-order valence-corrected chi connectivity index (χ2v) is 8.54. The Morgan fingerprint density at radius 3 is 2.70 bits per heavy atom. The molecule has 1 aliphatic heterocycles. The summed E-state index contributed by atoms with van der Waals surface area (Å²) in [6.45, 7) is 2.23. The number of ketones is 2. The lowest BCUT2D eigenvalue weighted by atomic mass is 9.74. The molecule has 0 saturated carbocycles. The Hall–Kier alpha value is -3.52. The summed E-state index contributed by atoms with van der Waals surface area (Å²) in [4.78, 5) is 34.6. The van der Waals surface area contributed by atoms with Gasteiger partial charge < -0.3 is 24.5 Å². The summed E-state index contributed by atoms with van der Waals surface area (Å²) in [5.41, 5.74) is 1.01. The average molecular weight is 468 g/mol. The van der Waals surface area contributed by atoms with Crippen LogP contribution in [0.25, 0.3) is 11.0 Å². The first-order valence-corrected chi connectivity index (χ1v) is 10.9. The first-order chi connectivity index (χ1) is 15.9. The summed E-state index contributed by atoms with van der Waals surface area (Å²) in [7, 11) is 2.89. The first kappa shape index (κ1) is 21.3. The van der Waals surface area contributed by atoms with Gasteiger partial charge >= 0.3 is 0 Å². The number of ether oxygens (including phenoxy) is 3. The Bertz CT molecular complexity index is 1300. The molecule has 3 aromatic rings. The van der Waals surface area contributed by atoms with E-state index in [1.165, 1.54) is 26.4 Å². The molecule has 1 aromatic heterocycles. The highest BCUT2D eigenvalue weighted by Crippen LogP contribution is 2.52. The number of H-pyrrole nitrogens is 1. The van der Waals surface area contributed by atoms with E-state index in [-0.39, 0.29) is 22.1 Å². The van der Waals surface area contributed by atoms with Crippen molar-refractivity contribution in [1.29, 1.82) is 0 Å². The largest absolute Gasteiger partial charge is 0.496 e. The monoisotopic (exact) mass is 467 g/mol. The molecule has 33 heavy (non-hydrogen) atoms. The van der Waals surface area contributed by atoms with Gasteiger partial charge in [0.2, 0.25) is 17.2 Å². The Balaban J connectivity index is 1.43. The summed E-state index contributed by atoms with van der Waals surface area (Å²) in [6, 6.07) is 9.28. The van der Waals surface area contributed by atoms with Gasteiger partial charge in [0, 0.05) is 23.8 Å². The van der Waals surface area contributed by atoms with Gasteiger partial charge in [-0.3, -0.25) is 9.59 Å². The molecule has 2 N–H and O–H groups in total. The van der Waals surface area contributed by atoms with Gasteiger partial charge in [0.15, 0.2) is 5.75 Å². The van der Waals surface area contributed by atoms with Crippen LogP contribution >= 0.6 is 11.6 Å². The van der Waals surface area contributed by atoms with Crippen LogP contribution in [0.2, 0.25) is 5.02 Å². The van der Waals surface area contributed by atoms with Crippen LogP contribution in [0.3, 0.4) is 0 Å². The maximum Gasteiger partial charge on any atom is 0.236 e. The highest BCUT2D eigenvalue weighted by Gasteiger charge is 2.60. The predicted octanol–water partition coefficient (Wildman–Crippen LogP) is 3.83. The number of imidazole rings is 1. The van der Waals surface area contributed by atoms with Gasteiger partial charge in [0.05, 0.1) is 31.8 Å². The second kappa shape index (κ2) is 7.81. The molecule has 2 atom stereocenters. The van der Waals surface area contributed by atoms with Crippen molar-refractivity contribution in [3.05, 3.63) is 58.5 Å². The Morgan fingerprint density at radius 1 is 1.24 bits per heavy atom. The maximum atomic E-state index is 13.5. The number of methoxy groups -OCH3 is 2. The lowest BCUT2D eigenvalue weighted by Gasteiger charge is -2.35. The smallest absolute Gasteiger partial charge is 0.236 e. The second-order valence-electron chi connectivity index (χ2n) is 8.16. The van der Waals surface area contributed by atoms with E-state index >= 15 is 0 Å². The zero-order chi connectivity index (χ0) is 23.3. The highest BCUT2D eigenvalue weighted by atomic mass is 35.5. The van der Waals surface area contributed by atoms with Crippen molar-refractivity contribution in [2.24, 2.45) is 5.92 Å². The van der Waals surface area contributed by atoms with E-state index < -0.39 is 23.1 Å². The fourth-order valence-electron chi connectivity index (χ4n) is 4.54. The Morgan fingerprint density at radius 2 is 2.00 bits per heavy atom. The van der Waals surface area contributed by atoms with E-state index in [0.717, 1.165) is 16.9 Å². The van der Waals surface area contributed by atoms with Crippen molar-refractivity contribution in [2.45, 2.75) is 25.5 Å². The van der Waals surface area contributed by atoms with Crippen LogP contribution in [0.5, 0.6) is 17.2 Å². The zero-order valence-electron chi connectivity index (χ0n) is 18.3. The number of hydrogen-bond acceptors (Lipinski definition) is 7. The molecule has 0 amide bonds.